The standard InChI is InChI=1S/C29H31ClN4O/c1-20-5-9-24(10-6-20)28-19-33(21(2)23-11-7-22(18-31)8-12-23)15-16-34(28)27-14-13-25(17-26(27)30)29(35)32(3)4/h5-14,17,21,28H,15-16,19H2,1-4H3/t21-,28+/m1/s1. The summed E-state index contributed by atoms with van der Waals surface area (Å²) in [6.07, 6.45) is 0. The Morgan fingerprint density at radius 3 is 2.34 bits per heavy atom. The quantitative estimate of drug-likeness (QED) is 0.454. The molecule has 1 fully saturated rings. The maximum Gasteiger partial charge on any atom is 0.253 e. The van der Waals surface area contributed by atoms with E-state index in [1.165, 1.54) is 16.7 Å². The lowest BCUT2D eigenvalue weighted by Gasteiger charge is -2.45. The number of hydrogen-bond acceptors (Lipinski definition) is 4. The van der Waals surface area contributed by atoms with E-state index in [2.05, 4.69) is 54.0 Å². The van der Waals surface area contributed by atoms with Crippen LogP contribution in [0.2, 0.25) is 5.02 Å². The lowest BCUT2D eigenvalue weighted by molar-refractivity contribution is 0.0827. The molecule has 35 heavy (non-hydrogen) atoms. The summed E-state index contributed by atoms with van der Waals surface area (Å²) in [4.78, 5) is 18.8. The molecule has 0 bridgehead atoms. The van der Waals surface area contributed by atoms with E-state index >= 15 is 0 Å². The molecule has 0 radical (unpaired) electrons. The van der Waals surface area contributed by atoms with Crippen LogP contribution in [0.4, 0.5) is 5.69 Å². The number of aryl methyl sites for hydroxylation is 1. The Kier molecular flexibility index (Phi) is 7.45. The number of carbonyl (C=O) groups excluding carboxylic acids is 1. The van der Waals surface area contributed by atoms with Crippen LogP contribution < -0.4 is 4.90 Å². The van der Waals surface area contributed by atoms with Crippen molar-refractivity contribution in [3.63, 3.8) is 0 Å². The van der Waals surface area contributed by atoms with Crippen molar-refractivity contribution >= 4 is 23.2 Å². The van der Waals surface area contributed by atoms with Gasteiger partial charge in [0, 0.05) is 45.3 Å². The number of rotatable bonds is 5. The second-order valence-electron chi connectivity index (χ2n) is 9.39. The summed E-state index contributed by atoms with van der Waals surface area (Å²) < 4.78 is 0. The first-order valence-electron chi connectivity index (χ1n) is 11.9. The molecule has 2 atom stereocenters. The summed E-state index contributed by atoms with van der Waals surface area (Å²) in [5, 5.41) is 9.72. The molecule has 0 saturated carbocycles. The zero-order valence-corrected chi connectivity index (χ0v) is 21.5. The first kappa shape index (κ1) is 24.8. The highest BCUT2D eigenvalue weighted by atomic mass is 35.5. The van der Waals surface area contributed by atoms with E-state index in [1.807, 2.05) is 36.4 Å². The largest absolute Gasteiger partial charge is 0.361 e. The number of amides is 1. The Labute approximate surface area is 213 Å². The van der Waals surface area contributed by atoms with Crippen molar-refractivity contribution < 1.29 is 4.79 Å². The second kappa shape index (κ2) is 10.5. The highest BCUT2D eigenvalue weighted by Crippen LogP contribution is 2.38. The zero-order valence-electron chi connectivity index (χ0n) is 20.7. The molecule has 1 aliphatic heterocycles. The van der Waals surface area contributed by atoms with E-state index < -0.39 is 0 Å². The van der Waals surface area contributed by atoms with Crippen LogP contribution in [0.1, 0.15) is 51.6 Å². The van der Waals surface area contributed by atoms with Gasteiger partial charge in [-0.3, -0.25) is 9.69 Å². The van der Waals surface area contributed by atoms with Gasteiger partial charge in [-0.2, -0.15) is 5.26 Å². The van der Waals surface area contributed by atoms with Gasteiger partial charge in [-0.1, -0.05) is 53.6 Å². The molecular weight excluding hydrogens is 456 g/mol. The van der Waals surface area contributed by atoms with Crippen LogP contribution in [0.3, 0.4) is 0 Å². The van der Waals surface area contributed by atoms with Crippen molar-refractivity contribution in [2.24, 2.45) is 0 Å². The smallest absolute Gasteiger partial charge is 0.253 e. The van der Waals surface area contributed by atoms with Crippen molar-refractivity contribution in [3.8, 4) is 6.07 Å². The third kappa shape index (κ3) is 5.35. The maximum absolute atomic E-state index is 12.4. The van der Waals surface area contributed by atoms with Crippen molar-refractivity contribution in [2.75, 3.05) is 38.6 Å². The lowest BCUT2D eigenvalue weighted by Crippen LogP contribution is -2.49. The highest BCUT2D eigenvalue weighted by molar-refractivity contribution is 6.33. The van der Waals surface area contributed by atoms with Crippen LogP contribution in [-0.2, 0) is 0 Å². The number of piperazine rings is 1. The Balaban J connectivity index is 1.65. The van der Waals surface area contributed by atoms with Crippen LogP contribution in [0.15, 0.2) is 66.7 Å². The minimum atomic E-state index is -0.0606. The van der Waals surface area contributed by atoms with Gasteiger partial charge in [0.25, 0.3) is 5.91 Å². The van der Waals surface area contributed by atoms with Crippen molar-refractivity contribution in [3.05, 3.63) is 99.6 Å². The number of hydrogen-bond donors (Lipinski definition) is 0. The van der Waals surface area contributed by atoms with E-state index in [0.29, 0.717) is 16.1 Å². The molecule has 1 heterocycles. The SMILES string of the molecule is Cc1ccc([C@@H]2CN([C@H](C)c3ccc(C#N)cc3)CCN2c2ccc(C(=O)N(C)C)cc2Cl)cc1. The van der Waals surface area contributed by atoms with E-state index in [4.69, 9.17) is 16.9 Å². The minimum Gasteiger partial charge on any atom is -0.361 e. The number of nitriles is 1. The van der Waals surface area contributed by atoms with Gasteiger partial charge < -0.3 is 9.80 Å². The molecule has 0 aromatic heterocycles. The van der Waals surface area contributed by atoms with Crippen LogP contribution in [0.5, 0.6) is 0 Å². The molecule has 5 nitrogen and oxygen atoms in total. The fourth-order valence-corrected chi connectivity index (χ4v) is 4.99. The van der Waals surface area contributed by atoms with Gasteiger partial charge in [0.15, 0.2) is 0 Å². The number of halogens is 1. The maximum atomic E-state index is 12.4. The molecule has 6 heteroatoms. The molecule has 180 valence electrons. The van der Waals surface area contributed by atoms with Gasteiger partial charge in [0.1, 0.15) is 0 Å². The average molecular weight is 487 g/mol. The number of anilines is 1. The van der Waals surface area contributed by atoms with Crippen LogP contribution in [0.25, 0.3) is 0 Å². The normalized spacial score (nSPS) is 17.0. The number of nitrogens with zero attached hydrogens (tertiary/aromatic N) is 4. The van der Waals surface area contributed by atoms with Gasteiger partial charge in [-0.05, 0) is 55.3 Å². The summed E-state index contributed by atoms with van der Waals surface area (Å²) in [5.74, 6) is -0.0606. The monoisotopic (exact) mass is 486 g/mol. The Bertz CT molecular complexity index is 1230. The Hall–Kier alpha value is -3.33. The first-order valence-corrected chi connectivity index (χ1v) is 12.2. The fraction of sp³-hybridized carbons (Fsp3) is 0.310. The van der Waals surface area contributed by atoms with E-state index in [1.54, 1.807) is 25.1 Å². The van der Waals surface area contributed by atoms with Gasteiger partial charge >= 0.3 is 0 Å². The minimum absolute atomic E-state index is 0.0606. The highest BCUT2D eigenvalue weighted by Gasteiger charge is 2.32. The Morgan fingerprint density at radius 1 is 1.06 bits per heavy atom. The molecule has 0 aliphatic carbocycles. The van der Waals surface area contributed by atoms with Crippen molar-refractivity contribution in [1.82, 2.24) is 9.80 Å². The summed E-state index contributed by atoms with van der Waals surface area (Å²) in [7, 11) is 3.48. The van der Waals surface area contributed by atoms with Crippen LogP contribution in [0, 0.1) is 18.3 Å². The fourth-order valence-electron chi connectivity index (χ4n) is 4.70. The van der Waals surface area contributed by atoms with E-state index in [-0.39, 0.29) is 18.0 Å². The van der Waals surface area contributed by atoms with Crippen molar-refractivity contribution in [1.29, 1.82) is 5.26 Å². The number of benzene rings is 3. The van der Waals surface area contributed by atoms with Crippen LogP contribution in [-0.4, -0.2) is 49.4 Å². The molecule has 3 aromatic carbocycles. The van der Waals surface area contributed by atoms with Crippen LogP contribution >= 0.6 is 11.6 Å². The molecule has 3 aromatic rings. The number of carbonyl (C=O) groups is 1. The molecule has 4 rings (SSSR count). The predicted octanol–water partition coefficient (Wildman–Crippen LogP) is 5.85. The molecule has 0 unspecified atom stereocenters. The predicted molar refractivity (Wildman–Crippen MR) is 142 cm³/mol. The molecule has 1 amide bonds. The third-order valence-electron chi connectivity index (χ3n) is 6.85. The summed E-state index contributed by atoms with van der Waals surface area (Å²) in [6.45, 7) is 6.83. The third-order valence-corrected chi connectivity index (χ3v) is 7.16. The lowest BCUT2D eigenvalue weighted by atomic mass is 9.97. The second-order valence-corrected chi connectivity index (χ2v) is 9.80. The van der Waals surface area contributed by atoms with E-state index in [9.17, 15) is 4.79 Å². The summed E-state index contributed by atoms with van der Waals surface area (Å²) in [5.41, 5.74) is 5.86. The van der Waals surface area contributed by atoms with Gasteiger partial charge in [0.2, 0.25) is 0 Å². The molecule has 0 N–H and O–H groups in total. The zero-order chi connectivity index (χ0) is 25.1. The van der Waals surface area contributed by atoms with Gasteiger partial charge in [-0.25, -0.2) is 0 Å². The van der Waals surface area contributed by atoms with Gasteiger partial charge in [0.05, 0.1) is 28.4 Å². The molecule has 1 aliphatic rings. The van der Waals surface area contributed by atoms with E-state index in [0.717, 1.165) is 25.3 Å². The molecule has 1 saturated heterocycles. The molecular formula is C29H31ClN4O. The Morgan fingerprint density at radius 2 is 1.74 bits per heavy atom. The summed E-state index contributed by atoms with van der Waals surface area (Å²) >= 11 is 6.76. The molecule has 0 spiro atoms. The summed E-state index contributed by atoms with van der Waals surface area (Å²) in [6, 6.07) is 24.7. The average Bonchev–Trinajstić information content (AvgIpc) is 2.88. The van der Waals surface area contributed by atoms with Gasteiger partial charge in [-0.15, -0.1) is 0 Å². The first-order chi connectivity index (χ1) is 16.8. The van der Waals surface area contributed by atoms with Crippen molar-refractivity contribution in [2.45, 2.75) is 25.9 Å². The topological polar surface area (TPSA) is 50.6 Å².